The minimum atomic E-state index is 0.0132. The normalized spacial score (nSPS) is 18.8. The molecule has 0 unspecified atom stereocenters. The predicted octanol–water partition coefficient (Wildman–Crippen LogP) is 3.09. The highest BCUT2D eigenvalue weighted by Gasteiger charge is 2.29. The first kappa shape index (κ1) is 24.5. The van der Waals surface area contributed by atoms with E-state index in [0.717, 1.165) is 65.1 Å². The molecule has 3 aromatic rings. The van der Waals surface area contributed by atoms with Gasteiger partial charge in [0.25, 0.3) is 5.91 Å². The maximum atomic E-state index is 13.3. The Kier molecular flexibility index (Phi) is 6.74. The van der Waals surface area contributed by atoms with Gasteiger partial charge < -0.3 is 30.0 Å². The molecule has 0 bridgehead atoms. The smallest absolute Gasteiger partial charge is 0.253 e. The van der Waals surface area contributed by atoms with Crippen molar-refractivity contribution in [3.8, 4) is 11.8 Å². The average molecular weight is 517 g/mol. The van der Waals surface area contributed by atoms with Gasteiger partial charge in [-0.1, -0.05) is 0 Å². The fourth-order valence-electron chi connectivity index (χ4n) is 5.31. The Morgan fingerprint density at radius 3 is 2.66 bits per heavy atom. The van der Waals surface area contributed by atoms with Gasteiger partial charge in [0.1, 0.15) is 23.3 Å². The van der Waals surface area contributed by atoms with Crippen LogP contribution in [-0.4, -0.2) is 89.2 Å². The first-order valence-electron chi connectivity index (χ1n) is 13.2. The number of rotatable bonds is 7. The quantitative estimate of drug-likeness (QED) is 0.433. The van der Waals surface area contributed by atoms with E-state index in [4.69, 9.17) is 9.47 Å². The van der Waals surface area contributed by atoms with E-state index in [1.165, 1.54) is 0 Å². The molecule has 2 saturated heterocycles. The molecular formula is C27H32N8O3. The van der Waals surface area contributed by atoms with Crippen molar-refractivity contribution in [2.45, 2.75) is 37.8 Å². The number of anilines is 3. The highest BCUT2D eigenvalue weighted by atomic mass is 16.5. The number of methoxy groups -OCH3 is 1. The number of piperidine rings is 1. The first-order chi connectivity index (χ1) is 18.6. The van der Waals surface area contributed by atoms with Crippen LogP contribution < -0.4 is 15.4 Å². The summed E-state index contributed by atoms with van der Waals surface area (Å²) < 4.78 is 11.1. The Morgan fingerprint density at radius 2 is 1.95 bits per heavy atom. The monoisotopic (exact) mass is 516 g/mol. The molecule has 0 spiro atoms. The number of fused-ring (bicyclic) bond motifs is 1. The average Bonchev–Trinajstić information content (AvgIpc) is 3.69. The van der Waals surface area contributed by atoms with Crippen LogP contribution in [-0.2, 0) is 4.74 Å². The fraction of sp³-hybridized carbons (Fsp3) is 0.481. The number of hydrogen-bond acceptors (Lipinski definition) is 9. The number of carbonyl (C=O) groups is 1. The molecule has 1 aromatic carbocycles. The van der Waals surface area contributed by atoms with E-state index in [9.17, 15) is 10.1 Å². The van der Waals surface area contributed by atoms with Crippen molar-refractivity contribution >= 4 is 34.4 Å². The van der Waals surface area contributed by atoms with Gasteiger partial charge >= 0.3 is 0 Å². The lowest BCUT2D eigenvalue weighted by molar-refractivity contribution is 0.00159. The molecule has 2 aliphatic heterocycles. The van der Waals surface area contributed by atoms with Gasteiger partial charge in [0.2, 0.25) is 5.95 Å². The molecule has 38 heavy (non-hydrogen) atoms. The molecule has 3 N–H and O–H groups in total. The third kappa shape index (κ3) is 4.97. The molecule has 198 valence electrons. The van der Waals surface area contributed by atoms with E-state index in [0.29, 0.717) is 57.4 Å². The number of carbonyl (C=O) groups excluding carboxylic acids is 1. The van der Waals surface area contributed by atoms with E-state index in [2.05, 4.69) is 36.6 Å². The molecule has 11 heteroatoms. The number of benzene rings is 1. The highest BCUT2D eigenvalue weighted by Crippen LogP contribution is 2.33. The maximum Gasteiger partial charge on any atom is 0.253 e. The summed E-state index contributed by atoms with van der Waals surface area (Å²) in [5.74, 6) is 1.54. The molecule has 2 aromatic heterocycles. The molecule has 3 aliphatic rings. The molecule has 1 amide bonds. The minimum absolute atomic E-state index is 0.0132. The number of nitriles is 1. The number of nitrogens with zero attached hydrogens (tertiary/aromatic N) is 5. The summed E-state index contributed by atoms with van der Waals surface area (Å²) in [7, 11) is 1.58. The Morgan fingerprint density at radius 1 is 1.16 bits per heavy atom. The number of ether oxygens (including phenoxy) is 2. The van der Waals surface area contributed by atoms with Crippen molar-refractivity contribution in [2.75, 3.05) is 57.1 Å². The number of likely N-dealkylation sites (tertiary alicyclic amines) is 1. The largest absolute Gasteiger partial charge is 0.495 e. The summed E-state index contributed by atoms with van der Waals surface area (Å²) in [5, 5.41) is 16.8. The van der Waals surface area contributed by atoms with Gasteiger partial charge in [-0.2, -0.15) is 15.2 Å². The molecule has 0 radical (unpaired) electrons. The van der Waals surface area contributed by atoms with Crippen LogP contribution in [0.5, 0.6) is 5.75 Å². The van der Waals surface area contributed by atoms with Gasteiger partial charge in [-0.25, -0.2) is 0 Å². The van der Waals surface area contributed by atoms with Crippen molar-refractivity contribution in [3.63, 3.8) is 0 Å². The molecule has 1 saturated carbocycles. The van der Waals surface area contributed by atoms with Crippen molar-refractivity contribution < 1.29 is 14.3 Å². The molecule has 1 aliphatic carbocycles. The summed E-state index contributed by atoms with van der Waals surface area (Å²) in [6, 6.07) is 8.48. The number of nitrogens with one attached hydrogen (secondary N) is 3. The predicted molar refractivity (Wildman–Crippen MR) is 143 cm³/mol. The topological polar surface area (TPSA) is 131 Å². The summed E-state index contributed by atoms with van der Waals surface area (Å²) in [5.41, 5.74) is 2.32. The molecule has 0 atom stereocenters. The standard InChI is InChI=1S/C27H32N8O3/c1-37-22-14-17(26(36)35-8-6-20(7-9-35)34-10-12-38-13-11-34)2-5-21(22)31-27-32-24-23(18(15-28)16-29-24)25(33-27)30-19-3-4-19/h2,5,14,16,19-20H,3-4,6-13H2,1H3,(H3,29,30,31,32,33). The number of H-pyrrole nitrogens is 1. The SMILES string of the molecule is COc1cc(C(=O)N2CCC(N3CCOCC3)CC2)ccc1Nc1nc(NC2CC2)c2c(C#N)c[nH]c2n1. The minimum Gasteiger partial charge on any atom is -0.495 e. The fourth-order valence-corrected chi connectivity index (χ4v) is 5.31. The zero-order valence-electron chi connectivity index (χ0n) is 21.5. The van der Waals surface area contributed by atoms with Gasteiger partial charge in [0, 0.05) is 50.0 Å². The van der Waals surface area contributed by atoms with Crippen LogP contribution in [0.15, 0.2) is 24.4 Å². The third-order valence-corrected chi connectivity index (χ3v) is 7.58. The van der Waals surface area contributed by atoms with E-state index >= 15 is 0 Å². The van der Waals surface area contributed by atoms with Gasteiger partial charge in [0.05, 0.1) is 37.0 Å². The second-order valence-corrected chi connectivity index (χ2v) is 10.1. The third-order valence-electron chi connectivity index (χ3n) is 7.58. The number of hydrogen-bond donors (Lipinski definition) is 3. The zero-order valence-corrected chi connectivity index (χ0v) is 21.5. The number of aromatic amines is 1. The zero-order chi connectivity index (χ0) is 26.1. The molecular weight excluding hydrogens is 484 g/mol. The van der Waals surface area contributed by atoms with Crippen LogP contribution in [0.25, 0.3) is 11.0 Å². The van der Waals surface area contributed by atoms with Crippen molar-refractivity contribution in [3.05, 3.63) is 35.5 Å². The van der Waals surface area contributed by atoms with Gasteiger partial charge in [-0.05, 0) is 43.9 Å². The molecule has 4 heterocycles. The van der Waals surface area contributed by atoms with Crippen molar-refractivity contribution in [2.24, 2.45) is 0 Å². The van der Waals surface area contributed by atoms with Crippen LogP contribution in [0.2, 0.25) is 0 Å². The van der Waals surface area contributed by atoms with E-state index in [1.54, 1.807) is 19.4 Å². The Balaban J connectivity index is 1.17. The number of amides is 1. The Bertz CT molecular complexity index is 1360. The summed E-state index contributed by atoms with van der Waals surface area (Å²) in [4.78, 5) is 30.0. The number of morpholine rings is 1. The van der Waals surface area contributed by atoms with Gasteiger partial charge in [-0.15, -0.1) is 0 Å². The molecule has 3 fully saturated rings. The molecule has 6 rings (SSSR count). The number of aromatic nitrogens is 3. The highest BCUT2D eigenvalue weighted by molar-refractivity contribution is 5.96. The summed E-state index contributed by atoms with van der Waals surface area (Å²) in [6.07, 6.45) is 5.76. The van der Waals surface area contributed by atoms with Crippen LogP contribution in [0.4, 0.5) is 17.5 Å². The Labute approximate surface area is 221 Å². The lowest BCUT2D eigenvalue weighted by Gasteiger charge is -2.40. The van der Waals surface area contributed by atoms with Crippen LogP contribution in [0.1, 0.15) is 41.6 Å². The van der Waals surface area contributed by atoms with Crippen molar-refractivity contribution in [1.82, 2.24) is 24.8 Å². The molecule has 11 nitrogen and oxygen atoms in total. The van der Waals surface area contributed by atoms with Crippen LogP contribution >= 0.6 is 0 Å². The lowest BCUT2D eigenvalue weighted by atomic mass is 10.0. The van der Waals surface area contributed by atoms with E-state index in [-0.39, 0.29) is 5.91 Å². The first-order valence-corrected chi connectivity index (χ1v) is 13.2. The van der Waals surface area contributed by atoms with Crippen LogP contribution in [0.3, 0.4) is 0 Å². The lowest BCUT2D eigenvalue weighted by Crippen LogP contribution is -2.50. The van der Waals surface area contributed by atoms with E-state index < -0.39 is 0 Å². The summed E-state index contributed by atoms with van der Waals surface area (Å²) >= 11 is 0. The summed E-state index contributed by atoms with van der Waals surface area (Å²) in [6.45, 7) is 5.03. The second-order valence-electron chi connectivity index (χ2n) is 10.1. The van der Waals surface area contributed by atoms with Crippen LogP contribution in [0, 0.1) is 11.3 Å². The van der Waals surface area contributed by atoms with Gasteiger partial charge in [-0.3, -0.25) is 9.69 Å². The maximum absolute atomic E-state index is 13.3. The van der Waals surface area contributed by atoms with E-state index in [1.807, 2.05) is 17.0 Å². The van der Waals surface area contributed by atoms with Gasteiger partial charge in [0.15, 0.2) is 0 Å². The van der Waals surface area contributed by atoms with Crippen molar-refractivity contribution in [1.29, 1.82) is 5.26 Å². The Hall–Kier alpha value is -3.88. The second kappa shape index (κ2) is 10.5.